The average molecular weight is 409 g/mol. The fourth-order valence-corrected chi connectivity index (χ4v) is 4.93. The monoisotopic (exact) mass is 408 g/mol. The molecule has 0 amide bonds. The van der Waals surface area contributed by atoms with Gasteiger partial charge in [0.2, 0.25) is 0 Å². The van der Waals surface area contributed by atoms with Crippen molar-refractivity contribution in [2.45, 2.75) is 89.8 Å². The van der Waals surface area contributed by atoms with Gasteiger partial charge >= 0.3 is 5.97 Å². The van der Waals surface area contributed by atoms with Gasteiger partial charge in [-0.25, -0.2) is 0 Å². The lowest BCUT2D eigenvalue weighted by Crippen LogP contribution is -2.23. The van der Waals surface area contributed by atoms with Crippen molar-refractivity contribution in [3.05, 3.63) is 12.2 Å². The summed E-state index contributed by atoms with van der Waals surface area (Å²) in [6, 6.07) is 0. The topological polar surface area (TPSA) is 112 Å². The third kappa shape index (κ3) is 7.34. The van der Waals surface area contributed by atoms with Gasteiger partial charge in [-0.3, -0.25) is 14.4 Å². The van der Waals surface area contributed by atoms with Crippen molar-refractivity contribution in [1.82, 2.24) is 0 Å². The zero-order valence-electron chi connectivity index (χ0n) is 17.5. The first kappa shape index (κ1) is 23.7. The van der Waals surface area contributed by atoms with E-state index in [-0.39, 0.29) is 43.2 Å². The number of carboxylic acid groups (broad SMARTS) is 1. The highest BCUT2D eigenvalue weighted by molar-refractivity contribution is 5.90. The van der Waals surface area contributed by atoms with Crippen LogP contribution in [-0.4, -0.2) is 45.1 Å². The summed E-state index contributed by atoms with van der Waals surface area (Å²) in [4.78, 5) is 35.0. The summed E-state index contributed by atoms with van der Waals surface area (Å²) in [5.74, 6) is -1.13. The number of carboxylic acids is 1. The van der Waals surface area contributed by atoms with Gasteiger partial charge in [0.1, 0.15) is 11.6 Å². The summed E-state index contributed by atoms with van der Waals surface area (Å²) in [5.41, 5.74) is 0. The molecule has 0 bridgehead atoms. The molecule has 2 aliphatic carbocycles. The molecule has 2 rings (SSSR count). The number of carbonyl (C=O) groups is 3. The second kappa shape index (κ2) is 11.6. The van der Waals surface area contributed by atoms with E-state index in [1.165, 1.54) is 6.42 Å². The average Bonchev–Trinajstić information content (AvgIpc) is 3.22. The predicted molar refractivity (Wildman–Crippen MR) is 109 cm³/mol. The second-order valence-electron chi connectivity index (χ2n) is 8.87. The molecule has 6 atom stereocenters. The lowest BCUT2D eigenvalue weighted by atomic mass is 9.87. The zero-order chi connectivity index (χ0) is 21.4. The molecule has 0 unspecified atom stereocenters. The van der Waals surface area contributed by atoms with Gasteiger partial charge in [-0.05, 0) is 37.5 Å². The second-order valence-corrected chi connectivity index (χ2v) is 8.87. The molecule has 0 aromatic carbocycles. The molecule has 0 spiro atoms. The molecule has 6 nitrogen and oxygen atoms in total. The van der Waals surface area contributed by atoms with Crippen LogP contribution in [0.2, 0.25) is 0 Å². The molecular formula is C23H36O6. The minimum atomic E-state index is -0.876. The van der Waals surface area contributed by atoms with Crippen molar-refractivity contribution in [3.63, 3.8) is 0 Å². The van der Waals surface area contributed by atoms with Crippen LogP contribution in [0.3, 0.4) is 0 Å². The van der Waals surface area contributed by atoms with Crippen molar-refractivity contribution in [3.8, 4) is 0 Å². The van der Waals surface area contributed by atoms with Crippen LogP contribution in [0.5, 0.6) is 0 Å². The number of aliphatic carboxylic acids is 1. The van der Waals surface area contributed by atoms with Crippen molar-refractivity contribution in [2.75, 3.05) is 0 Å². The van der Waals surface area contributed by atoms with Gasteiger partial charge in [-0.15, -0.1) is 0 Å². The molecule has 0 heterocycles. The molecule has 164 valence electrons. The minimum Gasteiger partial charge on any atom is -0.481 e. The third-order valence-electron chi connectivity index (χ3n) is 6.57. The van der Waals surface area contributed by atoms with E-state index in [9.17, 15) is 24.6 Å². The molecule has 0 aromatic heterocycles. The summed E-state index contributed by atoms with van der Waals surface area (Å²) in [7, 11) is 0. The number of hydrogen-bond acceptors (Lipinski definition) is 5. The standard InChI is InChI=1S/C23H36O6/c1-2-5-15-8-9-16(12-15)20(25)11-10-18-19(22(27)14-21(18)26)13-17(24)6-3-4-7-23(28)29/h10-11,15-16,18-21,25-26H,2-9,12-14H2,1H3,(H,28,29)/b11-10+/t15-,16+,18-,19-,20+,21-/m1/s1. The Labute approximate surface area is 173 Å². The van der Waals surface area contributed by atoms with E-state index in [0.717, 1.165) is 25.7 Å². The number of hydrogen-bond donors (Lipinski definition) is 3. The van der Waals surface area contributed by atoms with Crippen LogP contribution >= 0.6 is 0 Å². The smallest absolute Gasteiger partial charge is 0.303 e. The van der Waals surface area contributed by atoms with Gasteiger partial charge in [0.05, 0.1) is 12.2 Å². The first-order valence-electron chi connectivity index (χ1n) is 11.1. The first-order valence-corrected chi connectivity index (χ1v) is 11.1. The number of unbranched alkanes of at least 4 members (excludes halogenated alkanes) is 1. The van der Waals surface area contributed by atoms with Gasteiger partial charge in [0, 0.05) is 37.5 Å². The van der Waals surface area contributed by atoms with E-state index in [2.05, 4.69) is 6.92 Å². The zero-order valence-corrected chi connectivity index (χ0v) is 17.5. The van der Waals surface area contributed by atoms with E-state index >= 15 is 0 Å². The largest absolute Gasteiger partial charge is 0.481 e. The molecule has 2 fully saturated rings. The van der Waals surface area contributed by atoms with Gasteiger partial charge in [0.15, 0.2) is 0 Å². The normalized spacial score (nSPS) is 30.9. The highest BCUT2D eigenvalue weighted by Gasteiger charge is 2.41. The van der Waals surface area contributed by atoms with Crippen LogP contribution in [0, 0.1) is 23.7 Å². The third-order valence-corrected chi connectivity index (χ3v) is 6.57. The quantitative estimate of drug-likeness (QED) is 0.337. The summed E-state index contributed by atoms with van der Waals surface area (Å²) in [5, 5.41) is 29.5. The molecule has 2 aliphatic rings. The van der Waals surface area contributed by atoms with E-state index in [0.29, 0.717) is 18.8 Å². The molecule has 2 saturated carbocycles. The number of ketones is 2. The highest BCUT2D eigenvalue weighted by atomic mass is 16.4. The van der Waals surface area contributed by atoms with Crippen LogP contribution < -0.4 is 0 Å². The maximum Gasteiger partial charge on any atom is 0.303 e. The Morgan fingerprint density at radius 2 is 1.93 bits per heavy atom. The van der Waals surface area contributed by atoms with Crippen molar-refractivity contribution in [2.24, 2.45) is 23.7 Å². The Hall–Kier alpha value is -1.53. The SMILES string of the molecule is CCC[C@@H]1CC[C@H]([C@@H](O)/C=C/[C@H]2[C@H](O)CC(=O)[C@@H]2CC(=O)CCCCC(=O)O)C1. The van der Waals surface area contributed by atoms with Gasteiger partial charge < -0.3 is 15.3 Å². The molecule has 29 heavy (non-hydrogen) atoms. The van der Waals surface area contributed by atoms with Crippen molar-refractivity contribution in [1.29, 1.82) is 0 Å². The lowest BCUT2D eigenvalue weighted by Gasteiger charge is -2.19. The predicted octanol–water partition coefficient (Wildman–Crippen LogP) is 3.29. The maximum absolute atomic E-state index is 12.3. The van der Waals surface area contributed by atoms with Crippen LogP contribution in [0.4, 0.5) is 0 Å². The number of aliphatic hydroxyl groups is 2. The molecule has 3 N–H and O–H groups in total. The van der Waals surface area contributed by atoms with Gasteiger partial charge in [-0.2, -0.15) is 0 Å². The Morgan fingerprint density at radius 1 is 1.21 bits per heavy atom. The minimum absolute atomic E-state index is 0.0396. The van der Waals surface area contributed by atoms with Gasteiger partial charge in [-0.1, -0.05) is 38.3 Å². The van der Waals surface area contributed by atoms with Crippen LogP contribution in [-0.2, 0) is 14.4 Å². The van der Waals surface area contributed by atoms with Crippen LogP contribution in [0.15, 0.2) is 12.2 Å². The van der Waals surface area contributed by atoms with E-state index in [1.807, 2.05) is 0 Å². The first-order chi connectivity index (χ1) is 13.8. The number of rotatable bonds is 12. The number of aliphatic hydroxyl groups excluding tert-OH is 2. The Morgan fingerprint density at radius 3 is 2.62 bits per heavy atom. The molecule has 6 heteroatoms. The fraction of sp³-hybridized carbons (Fsp3) is 0.783. The molecule has 0 aromatic rings. The summed E-state index contributed by atoms with van der Waals surface area (Å²) >= 11 is 0. The molecule has 0 radical (unpaired) electrons. The Balaban J connectivity index is 1.86. The van der Waals surface area contributed by atoms with Gasteiger partial charge in [0.25, 0.3) is 0 Å². The highest BCUT2D eigenvalue weighted by Crippen LogP contribution is 2.37. The van der Waals surface area contributed by atoms with E-state index in [1.54, 1.807) is 12.2 Å². The fourth-order valence-electron chi connectivity index (χ4n) is 4.93. The number of carbonyl (C=O) groups excluding carboxylic acids is 2. The van der Waals surface area contributed by atoms with Crippen LogP contribution in [0.1, 0.15) is 77.6 Å². The van der Waals surface area contributed by atoms with E-state index in [4.69, 9.17) is 5.11 Å². The van der Waals surface area contributed by atoms with Crippen molar-refractivity contribution >= 4 is 17.5 Å². The Kier molecular flexibility index (Phi) is 9.50. The van der Waals surface area contributed by atoms with Crippen molar-refractivity contribution < 1.29 is 29.7 Å². The van der Waals surface area contributed by atoms with Crippen LogP contribution in [0.25, 0.3) is 0 Å². The molecular weight excluding hydrogens is 372 g/mol. The summed E-state index contributed by atoms with van der Waals surface area (Å²) in [6.45, 7) is 2.18. The molecule has 0 aliphatic heterocycles. The molecule has 0 saturated heterocycles. The Bertz CT molecular complexity index is 598. The maximum atomic E-state index is 12.3. The lowest BCUT2D eigenvalue weighted by molar-refractivity contribution is -0.137. The van der Waals surface area contributed by atoms with E-state index < -0.39 is 30.0 Å². The summed E-state index contributed by atoms with van der Waals surface area (Å²) < 4.78 is 0. The number of Topliss-reactive ketones (excluding diaryl/α,β-unsaturated/α-hetero) is 2. The summed E-state index contributed by atoms with van der Waals surface area (Å²) in [6.07, 6.45) is 8.95.